The maximum Gasteiger partial charge on any atom is 0.326 e. The Kier molecular flexibility index (Phi) is 6.24. The Balaban J connectivity index is 2.54. The van der Waals surface area contributed by atoms with Gasteiger partial charge in [-0.2, -0.15) is 0 Å². The van der Waals surface area contributed by atoms with Crippen LogP contribution in [0.5, 0.6) is 5.88 Å². The van der Waals surface area contributed by atoms with Gasteiger partial charge in [0.2, 0.25) is 5.88 Å². The van der Waals surface area contributed by atoms with Crippen LogP contribution in [0.25, 0.3) is 0 Å². The topological polar surface area (TPSA) is 121 Å². The van der Waals surface area contributed by atoms with E-state index in [1.54, 1.807) is 12.1 Å². The molecule has 8 nitrogen and oxygen atoms in total. The predicted molar refractivity (Wildman–Crippen MR) is 70.7 cm³/mol. The summed E-state index contributed by atoms with van der Waals surface area (Å²) in [5.41, 5.74) is 0.402. The second kappa shape index (κ2) is 7.95. The maximum absolute atomic E-state index is 11.6. The van der Waals surface area contributed by atoms with Crippen molar-refractivity contribution in [1.82, 2.24) is 10.3 Å². The molecule has 20 heavy (non-hydrogen) atoms. The van der Waals surface area contributed by atoms with E-state index in [1.165, 1.54) is 6.20 Å². The lowest BCUT2D eigenvalue weighted by Gasteiger charge is -2.14. The summed E-state index contributed by atoms with van der Waals surface area (Å²) in [6.07, 6.45) is 1.33. The molecule has 4 N–H and O–H groups in total. The summed E-state index contributed by atoms with van der Waals surface area (Å²) in [4.78, 5) is 26.3. The molecule has 0 saturated carbocycles. The van der Waals surface area contributed by atoms with Crippen LogP contribution in [-0.2, 0) is 4.79 Å². The number of carbonyl (C=O) groups excluding carboxylic acids is 1. The molecule has 2 amide bonds. The minimum Gasteiger partial charge on any atom is -0.480 e. The summed E-state index contributed by atoms with van der Waals surface area (Å²) in [6.45, 7) is 1.98. The molecule has 0 aliphatic heterocycles. The van der Waals surface area contributed by atoms with E-state index in [0.29, 0.717) is 18.2 Å². The van der Waals surface area contributed by atoms with Gasteiger partial charge in [0.1, 0.15) is 6.04 Å². The molecule has 0 saturated heterocycles. The zero-order valence-corrected chi connectivity index (χ0v) is 11.0. The highest BCUT2D eigenvalue weighted by Gasteiger charge is 2.19. The Morgan fingerprint density at radius 1 is 1.45 bits per heavy atom. The number of aliphatic hydroxyl groups excluding tert-OH is 1. The van der Waals surface area contributed by atoms with Crippen molar-refractivity contribution in [3.05, 3.63) is 18.3 Å². The summed E-state index contributed by atoms with van der Waals surface area (Å²) < 4.78 is 5.15. The normalized spacial score (nSPS) is 11.5. The highest BCUT2D eigenvalue weighted by Crippen LogP contribution is 2.11. The van der Waals surface area contributed by atoms with E-state index in [-0.39, 0.29) is 13.0 Å². The molecule has 1 atom stereocenters. The number of carbonyl (C=O) groups is 2. The number of aliphatic carboxylic acids is 1. The molecule has 1 unspecified atom stereocenters. The fourth-order valence-corrected chi connectivity index (χ4v) is 1.40. The van der Waals surface area contributed by atoms with Crippen molar-refractivity contribution in [2.45, 2.75) is 19.4 Å². The Labute approximate surface area is 115 Å². The first-order valence-corrected chi connectivity index (χ1v) is 6.06. The van der Waals surface area contributed by atoms with Crippen LogP contribution in [0.4, 0.5) is 10.5 Å². The summed E-state index contributed by atoms with van der Waals surface area (Å²) in [6, 6.07) is 1.34. The molecule has 0 radical (unpaired) electrons. The van der Waals surface area contributed by atoms with Crippen LogP contribution in [0, 0.1) is 0 Å². The molecular formula is C12H17N3O5. The lowest BCUT2D eigenvalue weighted by Crippen LogP contribution is -2.43. The average Bonchev–Trinajstić information content (AvgIpc) is 2.40. The molecule has 0 aliphatic carbocycles. The third kappa shape index (κ3) is 5.11. The van der Waals surface area contributed by atoms with Gasteiger partial charge < -0.3 is 25.6 Å². The molecule has 1 aromatic rings. The summed E-state index contributed by atoms with van der Waals surface area (Å²) in [5, 5.41) is 22.2. The number of hydrogen-bond acceptors (Lipinski definition) is 5. The maximum atomic E-state index is 11.6. The van der Waals surface area contributed by atoms with Crippen LogP contribution in [0.3, 0.4) is 0 Å². The number of rotatable bonds is 7. The van der Waals surface area contributed by atoms with Crippen LogP contribution in [-0.4, -0.2) is 46.5 Å². The highest BCUT2D eigenvalue weighted by atomic mass is 16.5. The van der Waals surface area contributed by atoms with Gasteiger partial charge in [-0.15, -0.1) is 0 Å². The standard InChI is InChI=1S/C12H17N3O5/c1-2-20-10-4-3-8(7-13-10)14-12(19)15-9(5-6-16)11(17)18/h3-4,7,9,16H,2,5-6H2,1H3,(H,17,18)(H2,14,15,19). The molecule has 110 valence electrons. The Morgan fingerprint density at radius 2 is 2.20 bits per heavy atom. The Hall–Kier alpha value is -2.35. The quantitative estimate of drug-likeness (QED) is 0.576. The smallest absolute Gasteiger partial charge is 0.326 e. The highest BCUT2D eigenvalue weighted by molar-refractivity contribution is 5.92. The van der Waals surface area contributed by atoms with E-state index in [0.717, 1.165) is 0 Å². The number of nitrogens with one attached hydrogen (secondary N) is 2. The molecule has 1 heterocycles. The fourth-order valence-electron chi connectivity index (χ4n) is 1.40. The van der Waals surface area contributed by atoms with E-state index >= 15 is 0 Å². The van der Waals surface area contributed by atoms with Crippen LogP contribution in [0.15, 0.2) is 18.3 Å². The van der Waals surface area contributed by atoms with Crippen LogP contribution in [0.2, 0.25) is 0 Å². The monoisotopic (exact) mass is 283 g/mol. The van der Waals surface area contributed by atoms with E-state index in [4.69, 9.17) is 14.9 Å². The summed E-state index contributed by atoms with van der Waals surface area (Å²) >= 11 is 0. The van der Waals surface area contributed by atoms with Gasteiger partial charge in [-0.1, -0.05) is 0 Å². The van der Waals surface area contributed by atoms with Crippen molar-refractivity contribution >= 4 is 17.7 Å². The average molecular weight is 283 g/mol. The van der Waals surface area contributed by atoms with Gasteiger partial charge in [0.25, 0.3) is 0 Å². The number of aromatic nitrogens is 1. The van der Waals surface area contributed by atoms with Crippen molar-refractivity contribution in [2.75, 3.05) is 18.5 Å². The van der Waals surface area contributed by atoms with Crippen LogP contribution < -0.4 is 15.4 Å². The first-order valence-electron chi connectivity index (χ1n) is 6.06. The molecule has 1 aromatic heterocycles. The molecule has 1 rings (SSSR count). The van der Waals surface area contributed by atoms with Gasteiger partial charge in [0, 0.05) is 19.1 Å². The minimum absolute atomic E-state index is 0.0652. The Morgan fingerprint density at radius 3 is 2.70 bits per heavy atom. The van der Waals surface area contributed by atoms with E-state index in [2.05, 4.69) is 15.6 Å². The number of aliphatic hydroxyl groups is 1. The number of anilines is 1. The number of nitrogens with zero attached hydrogens (tertiary/aromatic N) is 1. The number of hydrogen-bond donors (Lipinski definition) is 4. The molecule has 0 aliphatic rings. The van der Waals surface area contributed by atoms with Crippen molar-refractivity contribution in [1.29, 1.82) is 0 Å². The van der Waals surface area contributed by atoms with Crippen LogP contribution >= 0.6 is 0 Å². The number of urea groups is 1. The zero-order chi connectivity index (χ0) is 15.0. The zero-order valence-electron chi connectivity index (χ0n) is 11.0. The predicted octanol–water partition coefficient (Wildman–Crippen LogP) is 0.437. The van der Waals surface area contributed by atoms with E-state index < -0.39 is 18.0 Å². The van der Waals surface area contributed by atoms with E-state index in [1.807, 2.05) is 6.92 Å². The lowest BCUT2D eigenvalue weighted by atomic mass is 10.2. The largest absolute Gasteiger partial charge is 0.480 e. The third-order valence-corrected chi connectivity index (χ3v) is 2.31. The van der Waals surface area contributed by atoms with Crippen molar-refractivity contribution in [3.63, 3.8) is 0 Å². The molecular weight excluding hydrogens is 266 g/mol. The van der Waals surface area contributed by atoms with E-state index in [9.17, 15) is 9.59 Å². The second-order valence-corrected chi connectivity index (χ2v) is 3.82. The Bertz CT molecular complexity index is 449. The minimum atomic E-state index is -1.21. The molecule has 0 bridgehead atoms. The van der Waals surface area contributed by atoms with Gasteiger partial charge in [-0.3, -0.25) is 0 Å². The number of ether oxygens (including phenoxy) is 1. The third-order valence-electron chi connectivity index (χ3n) is 2.31. The molecule has 0 spiro atoms. The van der Waals surface area contributed by atoms with Gasteiger partial charge in [0.15, 0.2) is 0 Å². The van der Waals surface area contributed by atoms with Crippen LogP contribution in [0.1, 0.15) is 13.3 Å². The number of carboxylic acid groups (broad SMARTS) is 1. The molecule has 8 heteroatoms. The first kappa shape index (κ1) is 15.7. The molecule has 0 fully saturated rings. The fraction of sp³-hybridized carbons (Fsp3) is 0.417. The number of amides is 2. The van der Waals surface area contributed by atoms with Crippen molar-refractivity contribution in [3.8, 4) is 5.88 Å². The van der Waals surface area contributed by atoms with Gasteiger partial charge >= 0.3 is 12.0 Å². The summed E-state index contributed by atoms with van der Waals surface area (Å²) in [7, 11) is 0. The number of carboxylic acids is 1. The van der Waals surface area contributed by atoms with Gasteiger partial charge in [0.05, 0.1) is 18.5 Å². The number of pyridine rings is 1. The lowest BCUT2D eigenvalue weighted by molar-refractivity contribution is -0.139. The van der Waals surface area contributed by atoms with Gasteiger partial charge in [-0.25, -0.2) is 14.6 Å². The first-order chi connectivity index (χ1) is 9.56. The summed E-state index contributed by atoms with van der Waals surface area (Å²) in [5.74, 6) is -0.777. The second-order valence-electron chi connectivity index (χ2n) is 3.82. The van der Waals surface area contributed by atoms with Gasteiger partial charge in [-0.05, 0) is 13.0 Å². The van der Waals surface area contributed by atoms with Crippen molar-refractivity contribution in [2.24, 2.45) is 0 Å². The molecule has 0 aromatic carbocycles. The SMILES string of the molecule is CCOc1ccc(NC(=O)NC(CCO)C(=O)O)cn1. The van der Waals surface area contributed by atoms with Crippen molar-refractivity contribution < 1.29 is 24.5 Å².